The van der Waals surface area contributed by atoms with E-state index >= 15 is 0 Å². The molecular formula is C26H28N4O4. The lowest BCUT2D eigenvalue weighted by Crippen LogP contribution is -2.08. The van der Waals surface area contributed by atoms with Crippen LogP contribution in [-0.2, 0) is 22.4 Å². The zero-order valence-corrected chi connectivity index (χ0v) is 19.2. The number of benzene rings is 2. The van der Waals surface area contributed by atoms with E-state index < -0.39 is 11.9 Å². The van der Waals surface area contributed by atoms with Crippen molar-refractivity contribution in [2.24, 2.45) is 11.5 Å². The number of hydrogen-bond donors (Lipinski definition) is 4. The van der Waals surface area contributed by atoms with Crippen LogP contribution in [0.3, 0.4) is 0 Å². The summed E-state index contributed by atoms with van der Waals surface area (Å²) in [5.74, 6) is -0.584. The summed E-state index contributed by atoms with van der Waals surface area (Å²) in [7, 11) is 0. The number of aryl methyl sites for hydroxylation is 2. The van der Waals surface area contributed by atoms with Gasteiger partial charge in [0.05, 0.1) is 0 Å². The van der Waals surface area contributed by atoms with Gasteiger partial charge in [-0.3, -0.25) is 0 Å². The van der Waals surface area contributed by atoms with Crippen LogP contribution in [0.1, 0.15) is 22.5 Å². The predicted molar refractivity (Wildman–Crippen MR) is 132 cm³/mol. The quantitative estimate of drug-likeness (QED) is 0.181. The van der Waals surface area contributed by atoms with Crippen molar-refractivity contribution in [3.63, 3.8) is 0 Å². The lowest BCUT2D eigenvalue weighted by Gasteiger charge is -2.04. The molecule has 4 aromatic rings. The summed E-state index contributed by atoms with van der Waals surface area (Å²) in [6.07, 6.45) is 3.54. The van der Waals surface area contributed by atoms with Gasteiger partial charge in [-0.05, 0) is 87.3 Å². The lowest BCUT2D eigenvalue weighted by atomic mass is 10.1. The molecule has 176 valence electrons. The van der Waals surface area contributed by atoms with Crippen molar-refractivity contribution in [2.45, 2.75) is 26.7 Å². The Morgan fingerprint density at radius 1 is 0.765 bits per heavy atom. The fourth-order valence-corrected chi connectivity index (χ4v) is 4.22. The van der Waals surface area contributed by atoms with Gasteiger partial charge >= 0.3 is 11.9 Å². The van der Waals surface area contributed by atoms with Crippen molar-refractivity contribution in [3.8, 4) is 11.5 Å². The van der Waals surface area contributed by atoms with Crippen LogP contribution in [0.15, 0.2) is 48.6 Å². The third kappa shape index (κ3) is 4.88. The van der Waals surface area contributed by atoms with E-state index in [2.05, 4.69) is 9.97 Å². The molecule has 0 saturated heterocycles. The second-order valence-electron chi connectivity index (χ2n) is 8.12. The summed E-state index contributed by atoms with van der Waals surface area (Å²) in [5.41, 5.74) is 17.6. The molecule has 0 amide bonds. The minimum absolute atomic E-state index is 0.383. The van der Waals surface area contributed by atoms with Crippen molar-refractivity contribution in [2.75, 3.05) is 13.1 Å². The molecule has 0 bridgehead atoms. The fourth-order valence-electron chi connectivity index (χ4n) is 4.22. The Bertz CT molecular complexity index is 1290. The molecule has 0 fully saturated rings. The van der Waals surface area contributed by atoms with Crippen molar-refractivity contribution >= 4 is 33.7 Å². The van der Waals surface area contributed by atoms with E-state index in [1.54, 1.807) is 24.3 Å². The van der Waals surface area contributed by atoms with Gasteiger partial charge in [-0.25, -0.2) is 9.59 Å². The van der Waals surface area contributed by atoms with Gasteiger partial charge < -0.3 is 30.9 Å². The molecule has 8 nitrogen and oxygen atoms in total. The molecule has 6 N–H and O–H groups in total. The minimum atomic E-state index is -0.675. The molecule has 34 heavy (non-hydrogen) atoms. The number of aromatic amines is 2. The van der Waals surface area contributed by atoms with Crippen LogP contribution in [0.4, 0.5) is 0 Å². The third-order valence-corrected chi connectivity index (χ3v) is 5.76. The Labute approximate surface area is 196 Å². The molecule has 0 atom stereocenters. The highest BCUT2D eigenvalue weighted by Crippen LogP contribution is 2.28. The van der Waals surface area contributed by atoms with Crippen LogP contribution in [-0.4, -0.2) is 35.0 Å². The van der Waals surface area contributed by atoms with Gasteiger partial charge in [0, 0.05) is 45.3 Å². The van der Waals surface area contributed by atoms with Crippen LogP contribution >= 0.6 is 0 Å². The monoisotopic (exact) mass is 460 g/mol. The number of aromatic nitrogens is 2. The van der Waals surface area contributed by atoms with E-state index in [0.717, 1.165) is 69.3 Å². The molecule has 8 heteroatoms. The molecule has 2 aromatic carbocycles. The number of carbonyl (C=O) groups excluding carboxylic acids is 2. The average Bonchev–Trinajstić information content (AvgIpc) is 3.28. The fraction of sp³-hybridized carbons (Fsp3) is 0.231. The van der Waals surface area contributed by atoms with Crippen LogP contribution in [0, 0.1) is 13.8 Å². The minimum Gasteiger partial charge on any atom is -0.423 e. The van der Waals surface area contributed by atoms with Crippen molar-refractivity contribution < 1.29 is 19.1 Å². The maximum atomic E-state index is 12.3. The maximum Gasteiger partial charge on any atom is 0.336 e. The Morgan fingerprint density at radius 3 is 1.56 bits per heavy atom. The molecule has 0 unspecified atom stereocenters. The smallest absolute Gasteiger partial charge is 0.336 e. The van der Waals surface area contributed by atoms with E-state index in [0.29, 0.717) is 24.6 Å². The van der Waals surface area contributed by atoms with Crippen molar-refractivity contribution in [1.82, 2.24) is 9.97 Å². The Balaban J connectivity index is 1.42. The van der Waals surface area contributed by atoms with Gasteiger partial charge in [0.15, 0.2) is 0 Å². The van der Waals surface area contributed by atoms with E-state index in [1.807, 2.05) is 26.0 Å². The van der Waals surface area contributed by atoms with Crippen LogP contribution in [0.5, 0.6) is 11.5 Å². The topological polar surface area (TPSA) is 136 Å². The number of carbonyl (C=O) groups is 2. The Hall–Kier alpha value is -3.88. The number of fused-ring (bicyclic) bond motifs is 2. The zero-order chi connectivity index (χ0) is 24.2. The third-order valence-electron chi connectivity index (χ3n) is 5.76. The highest BCUT2D eigenvalue weighted by atomic mass is 16.5. The number of nitrogens with two attached hydrogens (primary N) is 2. The first-order valence-electron chi connectivity index (χ1n) is 11.1. The molecule has 0 aliphatic heterocycles. The van der Waals surface area contributed by atoms with Crippen LogP contribution < -0.4 is 20.9 Å². The highest BCUT2D eigenvalue weighted by Gasteiger charge is 2.12. The van der Waals surface area contributed by atoms with E-state index in [-0.39, 0.29) is 0 Å². The molecule has 2 aromatic heterocycles. The molecule has 0 aliphatic rings. The molecular weight excluding hydrogens is 432 g/mol. The molecule has 0 spiro atoms. The number of hydrogen-bond acceptors (Lipinski definition) is 6. The first-order chi connectivity index (χ1) is 16.4. The summed E-state index contributed by atoms with van der Waals surface area (Å²) in [5, 5.41) is 1.92. The van der Waals surface area contributed by atoms with Crippen molar-refractivity contribution in [1.29, 1.82) is 0 Å². The van der Waals surface area contributed by atoms with E-state index in [9.17, 15) is 9.59 Å². The molecule has 4 rings (SSSR count). The van der Waals surface area contributed by atoms with Gasteiger partial charge in [-0.2, -0.15) is 0 Å². The molecule has 0 radical (unpaired) electrons. The number of H-pyrrole nitrogens is 2. The highest BCUT2D eigenvalue weighted by molar-refractivity contribution is 5.94. The second-order valence-corrected chi connectivity index (χ2v) is 8.12. The second kappa shape index (κ2) is 9.94. The normalized spacial score (nSPS) is 11.5. The number of nitrogens with one attached hydrogen (secondary N) is 2. The van der Waals surface area contributed by atoms with Gasteiger partial charge in [-0.15, -0.1) is 0 Å². The zero-order valence-electron chi connectivity index (χ0n) is 19.2. The number of ether oxygens (including phenoxy) is 2. The van der Waals surface area contributed by atoms with Crippen LogP contribution in [0.25, 0.3) is 21.8 Å². The van der Waals surface area contributed by atoms with Gasteiger partial charge in [-0.1, -0.05) is 0 Å². The molecule has 0 aliphatic carbocycles. The lowest BCUT2D eigenvalue weighted by molar-refractivity contribution is -0.131. The summed E-state index contributed by atoms with van der Waals surface area (Å²) in [6, 6.07) is 10.7. The first-order valence-corrected chi connectivity index (χ1v) is 11.1. The number of rotatable bonds is 8. The first kappa shape index (κ1) is 23.3. The van der Waals surface area contributed by atoms with Gasteiger partial charge in [0.2, 0.25) is 0 Å². The standard InChI is InChI=1S/C26H28N4O4/c1-15-19(9-11-27)21-13-17(3-5-23(21)29-15)33-25(31)7-8-26(32)34-18-4-6-24-22(14-18)20(10-12-28)16(2)30-24/h3-8,13-14,29-30H,9-12,27-28H2,1-2H3/b8-7-. The summed E-state index contributed by atoms with van der Waals surface area (Å²) < 4.78 is 10.7. The molecule has 0 saturated carbocycles. The molecule has 2 heterocycles. The van der Waals surface area contributed by atoms with Crippen molar-refractivity contribution in [3.05, 3.63) is 71.1 Å². The summed E-state index contributed by atoms with van der Waals surface area (Å²) in [4.78, 5) is 31.1. The van der Waals surface area contributed by atoms with Gasteiger partial charge in [0.1, 0.15) is 11.5 Å². The number of esters is 2. The average molecular weight is 461 g/mol. The van der Waals surface area contributed by atoms with Crippen LogP contribution in [0.2, 0.25) is 0 Å². The Kier molecular flexibility index (Phi) is 6.81. The van der Waals surface area contributed by atoms with E-state index in [1.165, 1.54) is 0 Å². The predicted octanol–water partition coefficient (Wildman–Crippen LogP) is 3.34. The Morgan fingerprint density at radius 2 is 1.18 bits per heavy atom. The summed E-state index contributed by atoms with van der Waals surface area (Å²) >= 11 is 0. The maximum absolute atomic E-state index is 12.3. The van der Waals surface area contributed by atoms with Gasteiger partial charge in [0.25, 0.3) is 0 Å². The largest absolute Gasteiger partial charge is 0.423 e. The summed E-state index contributed by atoms with van der Waals surface area (Å²) in [6.45, 7) is 5.01. The van der Waals surface area contributed by atoms with E-state index in [4.69, 9.17) is 20.9 Å². The SMILES string of the molecule is Cc1[nH]c2ccc(OC(=O)/C=C\C(=O)Oc3ccc4[nH]c(C)c(CCN)c4c3)cc2c1CCN.